The van der Waals surface area contributed by atoms with Crippen LogP contribution < -0.4 is 25.5 Å². The second-order valence-corrected chi connectivity index (χ2v) is 8.50. The maximum Gasteiger partial charge on any atom is 0.394 e. The summed E-state index contributed by atoms with van der Waals surface area (Å²) in [6, 6.07) is 13.0. The predicted octanol–water partition coefficient (Wildman–Crippen LogP) is 3.58. The lowest BCUT2D eigenvalue weighted by molar-refractivity contribution is -0.159. The van der Waals surface area contributed by atoms with Gasteiger partial charge in [0.2, 0.25) is 0 Å². The molecule has 4 rings (SSSR count). The molecule has 0 fully saturated rings. The van der Waals surface area contributed by atoms with Gasteiger partial charge < -0.3 is 14.2 Å². The smallest absolute Gasteiger partial charge is 0.394 e. The average Bonchev–Trinajstić information content (AvgIpc) is 3.18. The van der Waals surface area contributed by atoms with Crippen LogP contribution in [0.4, 0.5) is 8.78 Å². The first-order chi connectivity index (χ1) is 17.0. The van der Waals surface area contributed by atoms with E-state index in [2.05, 4.69) is 9.72 Å². The van der Waals surface area contributed by atoms with E-state index in [-0.39, 0.29) is 42.7 Å². The summed E-state index contributed by atoms with van der Waals surface area (Å²) >= 11 is 5.99. The zero-order valence-corrected chi connectivity index (χ0v) is 20.5. The van der Waals surface area contributed by atoms with Gasteiger partial charge in [0.15, 0.2) is 11.2 Å². The molecule has 0 saturated heterocycles. The van der Waals surface area contributed by atoms with E-state index < -0.39 is 17.4 Å². The summed E-state index contributed by atoms with van der Waals surface area (Å²) in [5, 5.41) is 0.568. The van der Waals surface area contributed by atoms with Crippen LogP contribution in [0.2, 0.25) is 5.02 Å². The second-order valence-electron chi connectivity index (χ2n) is 8.07. The first-order valence-corrected chi connectivity index (χ1v) is 11.2. The number of aryl methyl sites for hydroxylation is 1. The van der Waals surface area contributed by atoms with Crippen LogP contribution in [0.3, 0.4) is 0 Å². The molecule has 0 bridgehead atoms. The normalized spacial score (nSPS) is 11.6. The predicted molar refractivity (Wildman–Crippen MR) is 129 cm³/mol. The number of alkyl halides is 2. The van der Waals surface area contributed by atoms with Gasteiger partial charge in [-0.1, -0.05) is 29.8 Å². The quantitative estimate of drug-likeness (QED) is 0.313. The van der Waals surface area contributed by atoms with Crippen molar-refractivity contribution >= 4 is 22.8 Å². The highest BCUT2D eigenvalue weighted by Gasteiger charge is 2.23. The zero-order valence-electron chi connectivity index (χ0n) is 19.7. The maximum absolute atomic E-state index is 13.1. The lowest BCUT2D eigenvalue weighted by Gasteiger charge is -2.14. The van der Waals surface area contributed by atoms with Crippen molar-refractivity contribution in [3.63, 3.8) is 0 Å². The molecular weight excluding hydrogens is 498 g/mol. The number of ether oxygens (including phenoxy) is 3. The Labute approximate surface area is 209 Å². The van der Waals surface area contributed by atoms with Crippen LogP contribution in [0.1, 0.15) is 12.5 Å². The van der Waals surface area contributed by atoms with Crippen molar-refractivity contribution in [3.8, 4) is 17.5 Å². The Morgan fingerprint density at radius 2 is 1.64 bits per heavy atom. The van der Waals surface area contributed by atoms with Gasteiger partial charge in [-0.2, -0.15) is 13.8 Å². The first kappa shape index (κ1) is 25.2. The first-order valence-electron chi connectivity index (χ1n) is 10.9. The number of benzene rings is 2. The van der Waals surface area contributed by atoms with Crippen molar-refractivity contribution < 1.29 is 23.0 Å². The molecule has 2 heterocycles. The summed E-state index contributed by atoms with van der Waals surface area (Å²) in [6.45, 7) is 0.954. The highest BCUT2D eigenvalue weighted by atomic mass is 35.5. The molecule has 0 N–H and O–H groups in total. The Bertz CT molecular complexity index is 1510. The molecule has 36 heavy (non-hydrogen) atoms. The topological polar surface area (TPSA) is 89.5 Å². The minimum absolute atomic E-state index is 0.0211. The fraction of sp³-hybridized carbons (Fsp3) is 0.292. The van der Waals surface area contributed by atoms with Crippen molar-refractivity contribution in [3.05, 3.63) is 80.0 Å². The fourth-order valence-corrected chi connectivity index (χ4v) is 3.71. The van der Waals surface area contributed by atoms with Gasteiger partial charge in [-0.15, -0.1) is 0 Å². The molecule has 0 radical (unpaired) electrons. The monoisotopic (exact) mass is 520 g/mol. The van der Waals surface area contributed by atoms with Gasteiger partial charge in [-0.05, 0) is 29.8 Å². The summed E-state index contributed by atoms with van der Waals surface area (Å²) in [7, 11) is 2.91. The van der Waals surface area contributed by atoms with E-state index in [9.17, 15) is 18.4 Å². The van der Waals surface area contributed by atoms with E-state index in [1.165, 1.54) is 36.9 Å². The van der Waals surface area contributed by atoms with Crippen LogP contribution >= 0.6 is 11.6 Å². The van der Waals surface area contributed by atoms with E-state index in [1.54, 1.807) is 22.8 Å². The lowest BCUT2D eigenvalue weighted by atomic mass is 10.2. The molecule has 0 atom stereocenters. The number of hydrogen-bond acceptors (Lipinski definition) is 6. The van der Waals surface area contributed by atoms with Crippen molar-refractivity contribution in [2.24, 2.45) is 14.1 Å². The average molecular weight is 521 g/mol. The number of nitrogens with zero attached hydrogens (tertiary/aromatic N) is 4. The standard InChI is InChI=1S/C24H23ClF2N4O5/c1-24(26,27)36-18-6-4-5-17(13-18)34-11-12-35-22-28-20-19(21(32)30(3)23(33)29(20)2)31(22)14-15-7-9-16(25)10-8-15/h4-10,13H,11-12,14H2,1-3H3. The molecule has 0 aliphatic carbocycles. The van der Waals surface area contributed by atoms with Crippen LogP contribution in [-0.2, 0) is 20.6 Å². The van der Waals surface area contributed by atoms with E-state index in [1.807, 2.05) is 12.1 Å². The zero-order chi connectivity index (χ0) is 26.0. The van der Waals surface area contributed by atoms with E-state index in [0.29, 0.717) is 17.7 Å². The van der Waals surface area contributed by atoms with Gasteiger partial charge in [-0.3, -0.25) is 18.5 Å². The van der Waals surface area contributed by atoms with Crippen molar-refractivity contribution in [2.45, 2.75) is 19.6 Å². The molecular formula is C24H23ClF2N4O5. The Morgan fingerprint density at radius 3 is 2.33 bits per heavy atom. The molecule has 9 nitrogen and oxygen atoms in total. The van der Waals surface area contributed by atoms with Crippen molar-refractivity contribution in [1.82, 2.24) is 18.7 Å². The third-order valence-electron chi connectivity index (χ3n) is 5.25. The second kappa shape index (κ2) is 10.0. The summed E-state index contributed by atoms with van der Waals surface area (Å²) in [5.74, 6) is 0.272. The van der Waals surface area contributed by atoms with Gasteiger partial charge in [0.05, 0.1) is 6.54 Å². The lowest BCUT2D eigenvalue weighted by Crippen LogP contribution is -2.37. The number of hydrogen-bond donors (Lipinski definition) is 0. The Hall–Kier alpha value is -3.86. The largest absolute Gasteiger partial charge is 0.490 e. The molecule has 0 saturated carbocycles. The molecule has 0 aliphatic heterocycles. The van der Waals surface area contributed by atoms with Crippen LogP contribution in [0.5, 0.6) is 17.5 Å². The Morgan fingerprint density at radius 1 is 0.972 bits per heavy atom. The third kappa shape index (κ3) is 5.51. The van der Waals surface area contributed by atoms with Crippen LogP contribution in [0.25, 0.3) is 11.2 Å². The van der Waals surface area contributed by atoms with E-state index >= 15 is 0 Å². The van der Waals surface area contributed by atoms with E-state index in [4.69, 9.17) is 21.1 Å². The van der Waals surface area contributed by atoms with Crippen LogP contribution in [-0.4, -0.2) is 38.0 Å². The molecule has 2 aromatic heterocycles. The minimum Gasteiger partial charge on any atom is -0.490 e. The third-order valence-corrected chi connectivity index (χ3v) is 5.50. The number of imidazole rings is 1. The van der Waals surface area contributed by atoms with Gasteiger partial charge in [0, 0.05) is 32.1 Å². The van der Waals surface area contributed by atoms with E-state index in [0.717, 1.165) is 10.1 Å². The molecule has 0 unspecified atom stereocenters. The summed E-state index contributed by atoms with van der Waals surface area (Å²) in [6.07, 6.45) is -3.32. The highest BCUT2D eigenvalue weighted by molar-refractivity contribution is 6.30. The van der Waals surface area contributed by atoms with Gasteiger partial charge in [-0.25, -0.2) is 4.79 Å². The number of rotatable bonds is 9. The molecule has 12 heteroatoms. The summed E-state index contributed by atoms with van der Waals surface area (Å²) in [4.78, 5) is 29.7. The van der Waals surface area contributed by atoms with Crippen molar-refractivity contribution in [1.29, 1.82) is 0 Å². The molecule has 0 amide bonds. The van der Waals surface area contributed by atoms with Crippen LogP contribution in [0.15, 0.2) is 58.1 Å². The minimum atomic E-state index is -3.32. The van der Waals surface area contributed by atoms with Gasteiger partial charge in [0.1, 0.15) is 24.7 Å². The van der Waals surface area contributed by atoms with Crippen molar-refractivity contribution in [2.75, 3.05) is 13.2 Å². The number of aromatic nitrogens is 4. The molecule has 0 spiro atoms. The van der Waals surface area contributed by atoms with Gasteiger partial charge in [0.25, 0.3) is 11.6 Å². The Kier molecular flexibility index (Phi) is 7.02. The Balaban J connectivity index is 1.57. The van der Waals surface area contributed by atoms with Gasteiger partial charge >= 0.3 is 11.8 Å². The molecule has 190 valence electrons. The number of fused-ring (bicyclic) bond motifs is 1. The highest BCUT2D eigenvalue weighted by Crippen LogP contribution is 2.25. The SMILES string of the molecule is Cn1c(=O)c2c(nc(OCCOc3cccc(OC(C)(F)F)c3)n2Cc2ccc(Cl)cc2)n(C)c1=O. The molecule has 2 aromatic carbocycles. The maximum atomic E-state index is 13.1. The molecule has 4 aromatic rings. The fourth-order valence-electron chi connectivity index (χ4n) is 3.58. The number of halogens is 3. The van der Waals surface area contributed by atoms with Crippen LogP contribution in [0, 0.1) is 0 Å². The summed E-state index contributed by atoms with van der Waals surface area (Å²) in [5.41, 5.74) is 0.192. The molecule has 0 aliphatic rings. The summed E-state index contributed by atoms with van der Waals surface area (Å²) < 4.78 is 46.0.